The number of aryl methyl sites for hydroxylation is 1. The van der Waals surface area contributed by atoms with Gasteiger partial charge in [0.25, 0.3) is 0 Å². The van der Waals surface area contributed by atoms with E-state index in [-0.39, 0.29) is 5.68 Å². The minimum atomic E-state index is 0.0792. The van der Waals surface area contributed by atoms with Crippen molar-refractivity contribution in [1.29, 1.82) is 0 Å². The van der Waals surface area contributed by atoms with Crippen LogP contribution in [0.2, 0.25) is 0 Å². The fourth-order valence-electron chi connectivity index (χ4n) is 0.891. The van der Waals surface area contributed by atoms with Crippen LogP contribution in [-0.2, 0) is 4.79 Å². The van der Waals surface area contributed by atoms with Crippen molar-refractivity contribution in [2.45, 2.75) is 6.92 Å². The molecule has 0 fully saturated rings. The lowest BCUT2D eigenvalue weighted by atomic mass is 10.0. The summed E-state index contributed by atoms with van der Waals surface area (Å²) >= 11 is 0. The maximum atomic E-state index is 10.6. The first kappa shape index (κ1) is 8.79. The second-order valence-electron chi connectivity index (χ2n) is 2.85. The van der Waals surface area contributed by atoms with Crippen LogP contribution in [0.4, 0.5) is 0 Å². The Balaban J connectivity index is 2.77. The SMILES string of the molecule is BC(=O)/C=C/c1ccc(C)cc1. The maximum Gasteiger partial charge on any atom is 0.192 e. The van der Waals surface area contributed by atoms with Gasteiger partial charge in [0.05, 0.1) is 0 Å². The smallest absolute Gasteiger partial charge is 0.192 e. The largest absolute Gasteiger partial charge is 0.307 e. The topological polar surface area (TPSA) is 17.1 Å². The quantitative estimate of drug-likeness (QED) is 0.466. The number of carbonyl (C=O) groups excluding carboxylic acids is 1. The average Bonchev–Trinajstić information content (AvgIpc) is 2.03. The summed E-state index contributed by atoms with van der Waals surface area (Å²) in [6.45, 7) is 2.04. The third-order valence-electron chi connectivity index (χ3n) is 1.59. The van der Waals surface area contributed by atoms with Crippen molar-refractivity contribution in [3.05, 3.63) is 41.5 Å². The number of benzene rings is 1. The Morgan fingerprint density at radius 2 is 1.92 bits per heavy atom. The van der Waals surface area contributed by atoms with Crippen LogP contribution in [-0.4, -0.2) is 13.5 Å². The van der Waals surface area contributed by atoms with Crippen LogP contribution in [0.3, 0.4) is 0 Å². The zero-order chi connectivity index (χ0) is 8.97. The van der Waals surface area contributed by atoms with Crippen LogP contribution in [0.15, 0.2) is 30.3 Å². The first-order valence-corrected chi connectivity index (χ1v) is 3.94. The lowest BCUT2D eigenvalue weighted by molar-refractivity contribution is -0.107. The van der Waals surface area contributed by atoms with Gasteiger partial charge in [-0.1, -0.05) is 35.9 Å². The molecule has 2 heteroatoms. The molecule has 0 bridgehead atoms. The molecule has 12 heavy (non-hydrogen) atoms. The van der Waals surface area contributed by atoms with E-state index >= 15 is 0 Å². The molecule has 1 aromatic rings. The maximum absolute atomic E-state index is 10.6. The van der Waals surface area contributed by atoms with Crippen LogP contribution in [0, 0.1) is 6.92 Å². The van der Waals surface area contributed by atoms with Gasteiger partial charge in [0.15, 0.2) is 7.85 Å². The summed E-state index contributed by atoms with van der Waals surface area (Å²) < 4.78 is 0. The van der Waals surface area contributed by atoms with Gasteiger partial charge < -0.3 is 4.79 Å². The van der Waals surface area contributed by atoms with E-state index in [0.29, 0.717) is 0 Å². The second-order valence-corrected chi connectivity index (χ2v) is 2.85. The van der Waals surface area contributed by atoms with Gasteiger partial charge in [-0.15, -0.1) is 0 Å². The first-order chi connectivity index (χ1) is 5.68. The molecule has 0 aromatic heterocycles. The molecule has 0 amide bonds. The number of hydrogen-bond donors (Lipinski definition) is 0. The lowest BCUT2D eigenvalue weighted by Crippen LogP contribution is -1.87. The van der Waals surface area contributed by atoms with E-state index in [9.17, 15) is 4.79 Å². The van der Waals surface area contributed by atoms with Crippen LogP contribution < -0.4 is 0 Å². The van der Waals surface area contributed by atoms with Gasteiger partial charge in [-0.2, -0.15) is 0 Å². The van der Waals surface area contributed by atoms with Gasteiger partial charge in [0.1, 0.15) is 5.68 Å². The summed E-state index contributed by atoms with van der Waals surface area (Å²) in [6, 6.07) is 8.04. The van der Waals surface area contributed by atoms with E-state index in [1.165, 1.54) is 5.56 Å². The second kappa shape index (κ2) is 3.91. The Morgan fingerprint density at radius 1 is 1.33 bits per heavy atom. The standard InChI is InChI=1S/C10H11BO/c1-8-2-4-9(5-3-8)6-7-10(11)12/h2-7H,11H2,1H3/b7-6+. The normalized spacial score (nSPS) is 10.4. The summed E-state index contributed by atoms with van der Waals surface area (Å²) in [5.74, 6) is 0. The van der Waals surface area contributed by atoms with E-state index in [0.717, 1.165) is 5.56 Å². The van der Waals surface area contributed by atoms with Crippen molar-refractivity contribution in [3.8, 4) is 0 Å². The molecule has 0 unspecified atom stereocenters. The van der Waals surface area contributed by atoms with Gasteiger partial charge in [-0.3, -0.25) is 0 Å². The molecular weight excluding hydrogens is 147 g/mol. The van der Waals surface area contributed by atoms with E-state index in [2.05, 4.69) is 0 Å². The molecule has 1 nitrogen and oxygen atoms in total. The fourth-order valence-corrected chi connectivity index (χ4v) is 0.891. The summed E-state index contributed by atoms with van der Waals surface area (Å²) in [7, 11) is 1.55. The van der Waals surface area contributed by atoms with Crippen molar-refractivity contribution >= 4 is 19.6 Å². The predicted molar refractivity (Wildman–Crippen MR) is 53.8 cm³/mol. The van der Waals surface area contributed by atoms with E-state index < -0.39 is 0 Å². The average molecular weight is 158 g/mol. The van der Waals surface area contributed by atoms with E-state index in [4.69, 9.17) is 0 Å². The highest BCUT2D eigenvalue weighted by molar-refractivity contribution is 6.61. The van der Waals surface area contributed by atoms with Gasteiger partial charge in [0.2, 0.25) is 0 Å². The molecule has 1 aromatic carbocycles. The Bertz CT molecular complexity index is 298. The van der Waals surface area contributed by atoms with Crippen molar-refractivity contribution < 1.29 is 4.79 Å². The Labute approximate surface area is 73.5 Å². The minimum absolute atomic E-state index is 0.0792. The highest BCUT2D eigenvalue weighted by atomic mass is 16.1. The summed E-state index contributed by atoms with van der Waals surface area (Å²) in [5.41, 5.74) is 2.38. The van der Waals surface area contributed by atoms with Crippen LogP contribution in [0.1, 0.15) is 11.1 Å². The molecule has 0 heterocycles. The van der Waals surface area contributed by atoms with Crippen LogP contribution >= 0.6 is 0 Å². The highest BCUT2D eigenvalue weighted by Crippen LogP contribution is 2.04. The third-order valence-corrected chi connectivity index (χ3v) is 1.59. The van der Waals surface area contributed by atoms with Gasteiger partial charge >= 0.3 is 0 Å². The molecule has 0 N–H and O–H groups in total. The molecule has 60 valence electrons. The van der Waals surface area contributed by atoms with E-state index in [1.54, 1.807) is 13.9 Å². The molecule has 0 saturated carbocycles. The van der Waals surface area contributed by atoms with Crippen molar-refractivity contribution in [2.24, 2.45) is 0 Å². The number of carbonyl (C=O) groups is 1. The van der Waals surface area contributed by atoms with Crippen molar-refractivity contribution in [3.63, 3.8) is 0 Å². The summed E-state index contributed by atoms with van der Waals surface area (Å²) in [6.07, 6.45) is 3.40. The van der Waals surface area contributed by atoms with E-state index in [1.807, 2.05) is 37.3 Å². The van der Waals surface area contributed by atoms with Gasteiger partial charge in [0, 0.05) is 0 Å². The molecule has 0 saturated heterocycles. The zero-order valence-corrected chi connectivity index (χ0v) is 7.37. The predicted octanol–water partition coefficient (Wildman–Crippen LogP) is 1.17. The highest BCUT2D eigenvalue weighted by Gasteiger charge is 1.86. The molecule has 0 radical (unpaired) electrons. The molecule has 0 aliphatic rings. The molecular formula is C10H11BO. The third kappa shape index (κ3) is 2.75. The van der Waals surface area contributed by atoms with Crippen LogP contribution in [0.25, 0.3) is 6.08 Å². The molecule has 0 atom stereocenters. The molecule has 0 aliphatic heterocycles. The molecule has 0 spiro atoms. The van der Waals surface area contributed by atoms with Gasteiger partial charge in [-0.05, 0) is 18.6 Å². The minimum Gasteiger partial charge on any atom is -0.307 e. The van der Waals surface area contributed by atoms with Crippen LogP contribution in [0.5, 0.6) is 0 Å². The molecule has 0 aliphatic carbocycles. The monoisotopic (exact) mass is 158 g/mol. The molecule has 1 rings (SSSR count). The van der Waals surface area contributed by atoms with Crippen molar-refractivity contribution in [2.75, 3.05) is 0 Å². The first-order valence-electron chi connectivity index (χ1n) is 3.94. The van der Waals surface area contributed by atoms with Gasteiger partial charge in [-0.25, -0.2) is 0 Å². The number of rotatable bonds is 2. The fraction of sp³-hybridized carbons (Fsp3) is 0.100. The Kier molecular flexibility index (Phi) is 2.86. The lowest BCUT2D eigenvalue weighted by Gasteiger charge is -1.93. The number of allylic oxidation sites excluding steroid dienone is 1. The summed E-state index contributed by atoms with van der Waals surface area (Å²) in [4.78, 5) is 10.6. The Hall–Kier alpha value is -1.31. The zero-order valence-electron chi connectivity index (χ0n) is 7.37. The Morgan fingerprint density at radius 3 is 2.42 bits per heavy atom. The summed E-state index contributed by atoms with van der Waals surface area (Å²) in [5, 5.41) is 0. The number of hydrogen-bond acceptors (Lipinski definition) is 1. The van der Waals surface area contributed by atoms with Crippen molar-refractivity contribution in [1.82, 2.24) is 0 Å².